The molecule has 0 aliphatic carbocycles. The lowest BCUT2D eigenvalue weighted by molar-refractivity contribution is -0.118. The van der Waals surface area contributed by atoms with E-state index in [2.05, 4.69) is 15.5 Å². The molecule has 0 saturated carbocycles. The lowest BCUT2D eigenvalue weighted by atomic mass is 9.74. The fourth-order valence-electron chi connectivity index (χ4n) is 4.91. The molecule has 2 fully saturated rings. The van der Waals surface area contributed by atoms with Gasteiger partial charge < -0.3 is 10.6 Å². The molecule has 0 unspecified atom stereocenters. The molecule has 0 radical (unpaired) electrons. The van der Waals surface area contributed by atoms with E-state index >= 15 is 0 Å². The summed E-state index contributed by atoms with van der Waals surface area (Å²) < 4.78 is 26.0. The molecule has 166 valence electrons. The normalized spacial score (nSPS) is 21.5. The van der Waals surface area contributed by atoms with E-state index in [4.69, 9.17) is 0 Å². The van der Waals surface area contributed by atoms with Crippen molar-refractivity contribution in [2.24, 2.45) is 5.41 Å². The van der Waals surface area contributed by atoms with Gasteiger partial charge in [-0.3, -0.25) is 14.5 Å². The number of carbonyl (C=O) groups excluding carboxylic acids is 2. The first-order chi connectivity index (χ1) is 13.9. The number of sulfonamides is 1. The van der Waals surface area contributed by atoms with Crippen molar-refractivity contribution in [1.82, 2.24) is 9.21 Å². The molecule has 1 aromatic rings. The van der Waals surface area contributed by atoms with Crippen LogP contribution in [0.4, 0.5) is 11.4 Å². The molecule has 2 amide bonds. The summed E-state index contributed by atoms with van der Waals surface area (Å²) in [6.07, 6.45) is 3.92. The molecule has 0 aromatic heterocycles. The predicted octanol–water partition coefficient (Wildman–Crippen LogP) is 2.11. The van der Waals surface area contributed by atoms with E-state index in [0.717, 1.165) is 32.4 Å². The lowest BCUT2D eigenvalue weighted by Gasteiger charge is -2.39. The van der Waals surface area contributed by atoms with Gasteiger partial charge in [0.15, 0.2) is 0 Å². The van der Waals surface area contributed by atoms with E-state index < -0.39 is 10.0 Å². The summed E-state index contributed by atoms with van der Waals surface area (Å²) in [5.41, 5.74) is 1.00. The van der Waals surface area contributed by atoms with Crippen molar-refractivity contribution >= 4 is 33.2 Å². The smallest absolute Gasteiger partial charge is 0.238 e. The number of nitrogens with zero attached hydrogens (tertiary/aromatic N) is 2. The van der Waals surface area contributed by atoms with Crippen LogP contribution >= 0.6 is 0 Å². The molecule has 2 aliphatic rings. The number of likely N-dealkylation sites (tertiary alicyclic amines) is 1. The molecule has 8 nitrogen and oxygen atoms in total. The first-order valence-corrected chi connectivity index (χ1v) is 12.1. The van der Waals surface area contributed by atoms with Gasteiger partial charge in [-0.25, -0.2) is 8.42 Å². The van der Waals surface area contributed by atoms with Crippen LogP contribution in [0, 0.1) is 5.41 Å². The molecule has 1 spiro atoms. The Hall–Kier alpha value is -1.97. The third kappa shape index (κ3) is 5.39. The van der Waals surface area contributed by atoms with Gasteiger partial charge in [-0.1, -0.05) is 0 Å². The molecule has 2 N–H and O–H groups in total. The minimum Gasteiger partial charge on any atom is -0.326 e. The van der Waals surface area contributed by atoms with Crippen LogP contribution in [-0.2, 0) is 19.6 Å². The molecule has 2 heterocycles. The van der Waals surface area contributed by atoms with Crippen LogP contribution in [0.25, 0.3) is 0 Å². The van der Waals surface area contributed by atoms with E-state index in [-0.39, 0.29) is 22.8 Å². The Morgan fingerprint density at radius 1 is 1.03 bits per heavy atom. The standard InChI is InChI=1S/C21H32N4O4S/c1-16(26)22-17-5-7-18(8-6-17)23-19(27)13-24-11-9-21(10-12-24)14-20(2,3)25(15-21)30(4,28)29/h5-8H,9-15H2,1-4H3,(H,22,26)(H,23,27). The van der Waals surface area contributed by atoms with Gasteiger partial charge in [-0.15, -0.1) is 0 Å². The molecule has 1 aromatic carbocycles. The monoisotopic (exact) mass is 436 g/mol. The number of hydrogen-bond acceptors (Lipinski definition) is 5. The van der Waals surface area contributed by atoms with Crippen molar-refractivity contribution in [1.29, 1.82) is 0 Å². The molecule has 30 heavy (non-hydrogen) atoms. The van der Waals surface area contributed by atoms with Crippen molar-refractivity contribution in [3.8, 4) is 0 Å². The third-order valence-corrected chi connectivity index (χ3v) is 7.56. The minimum absolute atomic E-state index is 0.000894. The summed E-state index contributed by atoms with van der Waals surface area (Å²) in [6, 6.07) is 7.01. The van der Waals surface area contributed by atoms with Gasteiger partial charge in [0, 0.05) is 30.4 Å². The summed E-state index contributed by atoms with van der Waals surface area (Å²) >= 11 is 0. The van der Waals surface area contributed by atoms with Gasteiger partial charge in [-0.2, -0.15) is 4.31 Å². The molecule has 2 aliphatic heterocycles. The minimum atomic E-state index is -3.23. The maximum absolute atomic E-state index is 12.4. The van der Waals surface area contributed by atoms with Crippen LogP contribution in [0.15, 0.2) is 24.3 Å². The van der Waals surface area contributed by atoms with Gasteiger partial charge in [0.05, 0.1) is 12.8 Å². The average Bonchev–Trinajstić information content (AvgIpc) is 2.89. The van der Waals surface area contributed by atoms with Crippen LogP contribution in [-0.4, -0.2) is 67.4 Å². The zero-order valence-corrected chi connectivity index (χ0v) is 19.0. The highest BCUT2D eigenvalue weighted by atomic mass is 32.2. The summed E-state index contributed by atoms with van der Waals surface area (Å²) in [4.78, 5) is 25.6. The number of amides is 2. The van der Waals surface area contributed by atoms with E-state index in [9.17, 15) is 18.0 Å². The Morgan fingerprint density at radius 2 is 1.57 bits per heavy atom. The number of piperidine rings is 1. The SMILES string of the molecule is CC(=O)Nc1ccc(NC(=O)CN2CCC3(CC2)CN(S(C)(=O)=O)C(C)(C)C3)cc1. The second kappa shape index (κ2) is 8.28. The zero-order valence-electron chi connectivity index (χ0n) is 18.2. The van der Waals surface area contributed by atoms with Gasteiger partial charge in [0.1, 0.15) is 0 Å². The quantitative estimate of drug-likeness (QED) is 0.737. The van der Waals surface area contributed by atoms with Crippen molar-refractivity contribution in [2.75, 3.05) is 43.1 Å². The predicted molar refractivity (Wildman–Crippen MR) is 118 cm³/mol. The van der Waals surface area contributed by atoms with Crippen LogP contribution < -0.4 is 10.6 Å². The summed E-state index contributed by atoms with van der Waals surface area (Å²) in [5.74, 6) is -0.220. The number of anilines is 2. The van der Waals surface area contributed by atoms with Crippen molar-refractivity contribution in [2.45, 2.75) is 45.6 Å². The van der Waals surface area contributed by atoms with Crippen LogP contribution in [0.3, 0.4) is 0 Å². The number of benzene rings is 1. The second-order valence-corrected chi connectivity index (χ2v) is 11.2. The third-order valence-electron chi connectivity index (χ3n) is 6.14. The Morgan fingerprint density at radius 3 is 2.03 bits per heavy atom. The topological polar surface area (TPSA) is 98.8 Å². The number of rotatable bonds is 5. The Balaban J connectivity index is 1.51. The maximum Gasteiger partial charge on any atom is 0.238 e. The zero-order chi connectivity index (χ0) is 22.2. The Bertz CT molecular complexity index is 903. The van der Waals surface area contributed by atoms with Crippen LogP contribution in [0.5, 0.6) is 0 Å². The van der Waals surface area contributed by atoms with Gasteiger partial charge in [0.2, 0.25) is 21.8 Å². The molecule has 2 saturated heterocycles. The first-order valence-electron chi connectivity index (χ1n) is 10.3. The summed E-state index contributed by atoms with van der Waals surface area (Å²) in [6.45, 7) is 7.89. The molecular weight excluding hydrogens is 404 g/mol. The van der Waals surface area contributed by atoms with E-state index in [0.29, 0.717) is 24.5 Å². The Kier molecular flexibility index (Phi) is 6.27. The number of nitrogens with one attached hydrogen (secondary N) is 2. The molecule has 0 atom stereocenters. The Labute approximate surface area is 179 Å². The van der Waals surface area contributed by atoms with Gasteiger partial charge >= 0.3 is 0 Å². The van der Waals surface area contributed by atoms with Crippen molar-refractivity contribution in [3.05, 3.63) is 24.3 Å². The largest absolute Gasteiger partial charge is 0.326 e. The summed E-state index contributed by atoms with van der Waals surface area (Å²) in [7, 11) is -3.23. The molecule has 0 bridgehead atoms. The fourth-order valence-corrected chi connectivity index (χ4v) is 6.38. The highest BCUT2D eigenvalue weighted by Crippen LogP contribution is 2.48. The van der Waals surface area contributed by atoms with E-state index in [1.165, 1.54) is 13.2 Å². The highest BCUT2D eigenvalue weighted by molar-refractivity contribution is 7.88. The summed E-state index contributed by atoms with van der Waals surface area (Å²) in [5, 5.41) is 5.58. The average molecular weight is 437 g/mol. The molecule has 9 heteroatoms. The van der Waals surface area contributed by atoms with Crippen molar-refractivity contribution < 1.29 is 18.0 Å². The lowest BCUT2D eigenvalue weighted by Crippen LogP contribution is -2.45. The van der Waals surface area contributed by atoms with Crippen LogP contribution in [0.1, 0.15) is 40.0 Å². The van der Waals surface area contributed by atoms with E-state index in [1.807, 2.05) is 13.8 Å². The maximum atomic E-state index is 12.4. The molecular formula is C21H32N4O4S. The van der Waals surface area contributed by atoms with Crippen LogP contribution in [0.2, 0.25) is 0 Å². The second-order valence-electron chi connectivity index (χ2n) is 9.34. The fraction of sp³-hybridized carbons (Fsp3) is 0.619. The molecule has 3 rings (SSSR count). The first kappa shape index (κ1) is 22.7. The highest BCUT2D eigenvalue weighted by Gasteiger charge is 2.52. The van der Waals surface area contributed by atoms with Gasteiger partial charge in [-0.05, 0) is 75.9 Å². The van der Waals surface area contributed by atoms with Gasteiger partial charge in [0.25, 0.3) is 0 Å². The number of carbonyl (C=O) groups is 2. The number of hydrogen-bond donors (Lipinski definition) is 2. The van der Waals surface area contributed by atoms with E-state index in [1.54, 1.807) is 28.6 Å². The van der Waals surface area contributed by atoms with Crippen molar-refractivity contribution in [3.63, 3.8) is 0 Å².